The van der Waals surface area contributed by atoms with E-state index >= 15 is 0 Å². The number of hydrogen-bond donors (Lipinski definition) is 1. The van der Waals surface area contributed by atoms with Gasteiger partial charge in [-0.25, -0.2) is 19.2 Å². The lowest BCUT2D eigenvalue weighted by molar-refractivity contribution is -0.0592. The molecule has 2 aromatic carbocycles. The second-order valence-electron chi connectivity index (χ2n) is 11.5. The van der Waals surface area contributed by atoms with Crippen LogP contribution in [-0.4, -0.2) is 60.9 Å². The normalized spacial score (nSPS) is 17.7. The van der Waals surface area contributed by atoms with E-state index in [4.69, 9.17) is 20.0 Å². The molecule has 5 aromatic rings. The van der Waals surface area contributed by atoms with Crippen LogP contribution in [0.3, 0.4) is 0 Å². The van der Waals surface area contributed by atoms with Crippen molar-refractivity contribution < 1.29 is 19.0 Å². The molecule has 0 radical (unpaired) electrons. The van der Waals surface area contributed by atoms with Crippen LogP contribution >= 0.6 is 0 Å². The number of rotatable bonds is 8. The lowest BCUT2D eigenvalue weighted by Gasteiger charge is -2.32. The number of ether oxygens (including phenoxy) is 1. The van der Waals surface area contributed by atoms with Gasteiger partial charge in [0.2, 0.25) is 0 Å². The summed E-state index contributed by atoms with van der Waals surface area (Å²) in [6.45, 7) is 4.24. The first-order valence-corrected chi connectivity index (χ1v) is 14.7. The SMILES string of the molecule is N#Cc1ccc(Cn2ccc3ccc(C4CCN(Cc5nc6ccc(C(=O)O)cc6n5C[C@@H]5CCO5)CC4)nc32)c(F)c1. The fraction of sp³-hybridized carbons (Fsp3) is 0.333. The third-order valence-corrected chi connectivity index (χ3v) is 8.78. The highest BCUT2D eigenvalue weighted by atomic mass is 19.1. The van der Waals surface area contributed by atoms with E-state index in [-0.39, 0.29) is 17.5 Å². The molecule has 218 valence electrons. The summed E-state index contributed by atoms with van der Waals surface area (Å²) in [6.07, 6.45) is 4.97. The number of carbonyl (C=O) groups is 1. The number of hydrogen-bond acceptors (Lipinski definition) is 6. The number of aromatic carboxylic acids is 1. The maximum absolute atomic E-state index is 14.6. The van der Waals surface area contributed by atoms with Crippen LogP contribution in [0.5, 0.6) is 0 Å². The minimum Gasteiger partial charge on any atom is -0.478 e. The molecule has 2 saturated heterocycles. The Morgan fingerprint density at radius 1 is 1.05 bits per heavy atom. The molecule has 0 unspecified atom stereocenters. The van der Waals surface area contributed by atoms with Crippen molar-refractivity contribution in [2.45, 2.75) is 50.9 Å². The predicted octanol–water partition coefficient (Wildman–Crippen LogP) is 5.31. The highest BCUT2D eigenvalue weighted by Crippen LogP contribution is 2.30. The lowest BCUT2D eigenvalue weighted by atomic mass is 9.93. The fourth-order valence-electron chi connectivity index (χ4n) is 6.21. The third kappa shape index (κ3) is 5.38. The number of nitrogens with zero attached hydrogens (tertiary/aromatic N) is 6. The molecule has 0 bridgehead atoms. The predicted molar refractivity (Wildman–Crippen MR) is 158 cm³/mol. The number of pyridine rings is 1. The molecular weight excluding hydrogens is 547 g/mol. The first-order valence-electron chi connectivity index (χ1n) is 14.7. The van der Waals surface area contributed by atoms with Crippen molar-refractivity contribution in [3.8, 4) is 6.07 Å². The number of carboxylic acid groups (broad SMARTS) is 1. The molecule has 2 aliphatic heterocycles. The van der Waals surface area contributed by atoms with Crippen LogP contribution < -0.4 is 0 Å². The number of nitriles is 1. The Morgan fingerprint density at radius 2 is 1.88 bits per heavy atom. The molecule has 2 aliphatic rings. The van der Waals surface area contributed by atoms with Crippen LogP contribution in [-0.2, 0) is 24.4 Å². The zero-order chi connectivity index (χ0) is 29.5. The second kappa shape index (κ2) is 11.2. The molecule has 2 fully saturated rings. The Balaban J connectivity index is 1.06. The fourth-order valence-corrected chi connectivity index (χ4v) is 6.21. The minimum absolute atomic E-state index is 0.128. The highest BCUT2D eigenvalue weighted by molar-refractivity contribution is 5.92. The Kier molecular flexibility index (Phi) is 7.13. The molecule has 1 N–H and O–H groups in total. The molecule has 0 aliphatic carbocycles. The first-order chi connectivity index (χ1) is 20.9. The number of halogens is 1. The van der Waals surface area contributed by atoms with Gasteiger partial charge < -0.3 is 19.0 Å². The number of carboxylic acids is 1. The van der Waals surface area contributed by atoms with Crippen molar-refractivity contribution in [3.63, 3.8) is 0 Å². The number of piperidine rings is 1. The summed E-state index contributed by atoms with van der Waals surface area (Å²) in [4.78, 5) is 24.0. The smallest absolute Gasteiger partial charge is 0.335 e. The molecule has 5 heterocycles. The van der Waals surface area contributed by atoms with E-state index in [1.54, 1.807) is 30.3 Å². The van der Waals surface area contributed by atoms with E-state index < -0.39 is 5.97 Å². The van der Waals surface area contributed by atoms with Crippen LogP contribution in [0, 0.1) is 17.1 Å². The number of fused-ring (bicyclic) bond motifs is 2. The molecule has 9 nitrogen and oxygen atoms in total. The van der Waals surface area contributed by atoms with Gasteiger partial charge >= 0.3 is 5.97 Å². The Labute approximate surface area is 247 Å². The van der Waals surface area contributed by atoms with Gasteiger partial charge in [0.15, 0.2) is 0 Å². The van der Waals surface area contributed by atoms with Crippen LogP contribution in [0.4, 0.5) is 4.39 Å². The molecule has 0 amide bonds. The van der Waals surface area contributed by atoms with Crippen molar-refractivity contribution in [2.24, 2.45) is 0 Å². The monoisotopic (exact) mass is 578 g/mol. The van der Waals surface area contributed by atoms with Gasteiger partial charge in [-0.2, -0.15) is 5.26 Å². The average molecular weight is 579 g/mol. The minimum atomic E-state index is -0.946. The number of imidazole rings is 1. The van der Waals surface area contributed by atoms with Gasteiger partial charge in [0.1, 0.15) is 17.3 Å². The van der Waals surface area contributed by atoms with Gasteiger partial charge in [-0.1, -0.05) is 6.07 Å². The number of aromatic nitrogens is 4. The molecule has 43 heavy (non-hydrogen) atoms. The summed E-state index contributed by atoms with van der Waals surface area (Å²) in [6, 6.07) is 17.9. The topological polar surface area (TPSA) is 109 Å². The average Bonchev–Trinajstić information content (AvgIpc) is 3.55. The summed E-state index contributed by atoms with van der Waals surface area (Å²) in [7, 11) is 0. The van der Waals surface area contributed by atoms with Crippen molar-refractivity contribution in [1.82, 2.24) is 24.0 Å². The van der Waals surface area contributed by atoms with E-state index in [9.17, 15) is 14.3 Å². The quantitative estimate of drug-likeness (QED) is 0.266. The molecule has 10 heteroatoms. The van der Waals surface area contributed by atoms with Crippen LogP contribution in [0.1, 0.15) is 58.2 Å². The molecular formula is C33H31FN6O3. The summed E-state index contributed by atoms with van der Waals surface area (Å²) >= 11 is 0. The van der Waals surface area contributed by atoms with Crippen LogP contribution in [0.15, 0.2) is 60.8 Å². The van der Waals surface area contributed by atoms with E-state index in [0.717, 1.165) is 72.5 Å². The van der Waals surface area contributed by atoms with Crippen molar-refractivity contribution >= 4 is 28.0 Å². The first kappa shape index (κ1) is 27.3. The molecule has 7 rings (SSSR count). The summed E-state index contributed by atoms with van der Waals surface area (Å²) < 4.78 is 24.4. The van der Waals surface area contributed by atoms with E-state index in [1.807, 2.05) is 22.9 Å². The Hall–Kier alpha value is -4.59. The van der Waals surface area contributed by atoms with Crippen molar-refractivity contribution in [1.29, 1.82) is 5.26 Å². The zero-order valence-corrected chi connectivity index (χ0v) is 23.6. The van der Waals surface area contributed by atoms with Gasteiger partial charge in [0.05, 0.1) is 54.0 Å². The maximum Gasteiger partial charge on any atom is 0.335 e. The largest absolute Gasteiger partial charge is 0.478 e. The zero-order valence-electron chi connectivity index (χ0n) is 23.6. The second-order valence-corrected chi connectivity index (χ2v) is 11.5. The molecule has 1 atom stereocenters. The Morgan fingerprint density at radius 3 is 2.60 bits per heavy atom. The summed E-state index contributed by atoms with van der Waals surface area (Å²) in [5.41, 5.74) is 4.60. The molecule has 3 aromatic heterocycles. The van der Waals surface area contributed by atoms with Gasteiger partial charge in [0, 0.05) is 35.4 Å². The lowest BCUT2D eigenvalue weighted by Crippen LogP contribution is -2.35. The van der Waals surface area contributed by atoms with Gasteiger partial charge in [0.25, 0.3) is 0 Å². The van der Waals surface area contributed by atoms with Crippen molar-refractivity contribution in [3.05, 3.63) is 94.8 Å². The standard InChI is InChI=1S/C33H31FN6O3/c34-27-15-21(17-35)1-2-25(27)18-39-13-9-23-3-5-28(37-32(23)39)22-7-11-38(12-8-22)20-31-36-29-6-4-24(33(41)42)16-30(29)40(31)19-26-10-14-43-26/h1-6,9,13,15-16,22,26H,7-8,10-12,14,18-20H2,(H,41,42)/t26-/m0/s1. The number of benzene rings is 2. The van der Waals surface area contributed by atoms with Gasteiger partial charge in [-0.3, -0.25) is 4.90 Å². The third-order valence-electron chi connectivity index (χ3n) is 8.78. The van der Waals surface area contributed by atoms with Crippen LogP contribution in [0.2, 0.25) is 0 Å². The summed E-state index contributed by atoms with van der Waals surface area (Å²) in [5.74, 6) is -0.0889. The van der Waals surface area contributed by atoms with Gasteiger partial charge in [-0.15, -0.1) is 0 Å². The van der Waals surface area contributed by atoms with Gasteiger partial charge in [-0.05, 0) is 80.9 Å². The maximum atomic E-state index is 14.6. The van der Waals surface area contributed by atoms with E-state index in [1.165, 1.54) is 6.07 Å². The van der Waals surface area contributed by atoms with Crippen LogP contribution in [0.25, 0.3) is 22.1 Å². The molecule has 0 saturated carbocycles. The molecule has 0 spiro atoms. The highest BCUT2D eigenvalue weighted by Gasteiger charge is 2.26. The van der Waals surface area contributed by atoms with E-state index in [2.05, 4.69) is 21.6 Å². The van der Waals surface area contributed by atoms with Crippen molar-refractivity contribution in [2.75, 3.05) is 19.7 Å². The Bertz CT molecular complexity index is 1880. The number of likely N-dealkylation sites (tertiary alicyclic amines) is 1. The van der Waals surface area contributed by atoms with E-state index in [0.29, 0.717) is 36.7 Å². The summed E-state index contributed by atoms with van der Waals surface area (Å²) in [5, 5.41) is 19.6.